The van der Waals surface area contributed by atoms with Crippen molar-refractivity contribution in [3.8, 4) is 5.75 Å². The van der Waals surface area contributed by atoms with Crippen LogP contribution in [-0.4, -0.2) is 77.3 Å². The van der Waals surface area contributed by atoms with Crippen LogP contribution in [0.25, 0.3) is 0 Å². The number of rotatable bonds is 8. The molecule has 1 N–H and O–H groups in total. The maximum absolute atomic E-state index is 14.1. The summed E-state index contributed by atoms with van der Waals surface area (Å²) < 4.78 is 5.27. The van der Waals surface area contributed by atoms with Crippen LogP contribution in [0.3, 0.4) is 0 Å². The molecule has 8 nitrogen and oxygen atoms in total. The molecule has 8 heteroatoms. The molecule has 3 aliphatic rings. The summed E-state index contributed by atoms with van der Waals surface area (Å²) in [6, 6.07) is 18.2. The van der Waals surface area contributed by atoms with Crippen molar-refractivity contribution in [2.45, 2.75) is 37.8 Å². The molecule has 1 amide bonds. The van der Waals surface area contributed by atoms with E-state index < -0.39 is 0 Å². The number of amides is 1. The van der Waals surface area contributed by atoms with Gasteiger partial charge >= 0.3 is 0 Å². The average molecular weight is 540 g/mol. The number of likely N-dealkylation sites (tertiary alicyclic amines) is 2. The van der Waals surface area contributed by atoms with Crippen LogP contribution in [0.5, 0.6) is 5.75 Å². The van der Waals surface area contributed by atoms with E-state index in [-0.39, 0.29) is 35.0 Å². The number of Topliss-reactive ketones (excluding diaryl/α,β-unsaturated/α-hetero) is 1. The molecule has 1 spiro atoms. The zero-order valence-electron chi connectivity index (χ0n) is 23.0. The van der Waals surface area contributed by atoms with Crippen LogP contribution in [0.4, 0.5) is 0 Å². The molecule has 40 heavy (non-hydrogen) atoms. The van der Waals surface area contributed by atoms with Crippen LogP contribution in [0.2, 0.25) is 0 Å². The van der Waals surface area contributed by atoms with E-state index in [1.54, 1.807) is 19.5 Å². The molecule has 1 unspecified atom stereocenters. The van der Waals surface area contributed by atoms with Crippen molar-refractivity contribution in [1.82, 2.24) is 25.1 Å². The van der Waals surface area contributed by atoms with Gasteiger partial charge in [0, 0.05) is 50.4 Å². The Balaban J connectivity index is 1.19. The highest BCUT2D eigenvalue weighted by Gasteiger charge is 2.50. The third kappa shape index (κ3) is 5.13. The first kappa shape index (κ1) is 26.6. The second kappa shape index (κ2) is 11.5. The predicted octanol–water partition coefficient (Wildman–Crippen LogP) is 3.55. The maximum Gasteiger partial charge on any atom is 0.229 e. The first-order valence-electron chi connectivity index (χ1n) is 14.3. The number of ether oxygens (including phenoxy) is 1. The number of piperidine rings is 1. The SMILES string of the molecule is COc1ccc(CN2CCC3(CCN(C(C(=O)c4cncnc4)[C@@H]4CNC[C@@H]4c4ccccc4)CC3)C2=O)cc1. The molecule has 3 atom stereocenters. The summed E-state index contributed by atoms with van der Waals surface area (Å²) in [4.78, 5) is 40.4. The van der Waals surface area contributed by atoms with Gasteiger partial charge in [-0.2, -0.15) is 0 Å². The Bertz CT molecular complexity index is 1310. The first-order chi connectivity index (χ1) is 19.6. The topological polar surface area (TPSA) is 87.7 Å². The van der Waals surface area contributed by atoms with Crippen molar-refractivity contribution in [2.75, 3.05) is 39.8 Å². The third-order valence-corrected chi connectivity index (χ3v) is 9.29. The van der Waals surface area contributed by atoms with Crippen LogP contribution in [0.1, 0.15) is 46.7 Å². The van der Waals surface area contributed by atoms with Crippen LogP contribution in [0.15, 0.2) is 73.3 Å². The van der Waals surface area contributed by atoms with E-state index in [0.29, 0.717) is 12.1 Å². The fraction of sp³-hybridized carbons (Fsp3) is 0.438. The third-order valence-electron chi connectivity index (χ3n) is 9.29. The number of hydrogen-bond donors (Lipinski definition) is 1. The van der Waals surface area contributed by atoms with E-state index in [1.807, 2.05) is 35.2 Å². The Hall–Kier alpha value is -3.62. The first-order valence-corrected chi connectivity index (χ1v) is 14.3. The highest BCUT2D eigenvalue weighted by atomic mass is 16.5. The number of nitrogens with zero attached hydrogens (tertiary/aromatic N) is 4. The van der Waals surface area contributed by atoms with Crippen molar-refractivity contribution in [2.24, 2.45) is 11.3 Å². The van der Waals surface area contributed by atoms with Gasteiger partial charge in [-0.05, 0) is 55.6 Å². The molecule has 0 radical (unpaired) electrons. The number of nitrogens with one attached hydrogen (secondary N) is 1. The van der Waals surface area contributed by atoms with Crippen LogP contribution < -0.4 is 10.1 Å². The number of carbonyl (C=O) groups excluding carboxylic acids is 2. The molecule has 1 aromatic heterocycles. The van der Waals surface area contributed by atoms with Gasteiger partial charge in [0.05, 0.1) is 24.1 Å². The maximum atomic E-state index is 14.1. The molecule has 0 bridgehead atoms. The van der Waals surface area contributed by atoms with Crippen molar-refractivity contribution in [1.29, 1.82) is 0 Å². The van der Waals surface area contributed by atoms with Crippen molar-refractivity contribution >= 4 is 11.7 Å². The lowest BCUT2D eigenvalue weighted by Crippen LogP contribution is -2.54. The van der Waals surface area contributed by atoms with E-state index in [9.17, 15) is 9.59 Å². The summed E-state index contributed by atoms with van der Waals surface area (Å²) in [6.45, 7) is 4.47. The van der Waals surface area contributed by atoms with Gasteiger partial charge in [-0.3, -0.25) is 14.5 Å². The van der Waals surface area contributed by atoms with Gasteiger partial charge in [0.15, 0.2) is 5.78 Å². The molecule has 0 saturated carbocycles. The Morgan fingerprint density at radius 1 is 1.00 bits per heavy atom. The minimum Gasteiger partial charge on any atom is -0.497 e. The quantitative estimate of drug-likeness (QED) is 0.438. The number of hydrogen-bond acceptors (Lipinski definition) is 7. The highest BCUT2D eigenvalue weighted by molar-refractivity contribution is 6.00. The molecule has 208 valence electrons. The number of aromatic nitrogens is 2. The van der Waals surface area contributed by atoms with Crippen LogP contribution in [-0.2, 0) is 11.3 Å². The minimum atomic E-state index is -0.334. The predicted molar refractivity (Wildman–Crippen MR) is 152 cm³/mol. The Labute approximate surface area is 235 Å². The fourth-order valence-electron chi connectivity index (χ4n) is 7.01. The van der Waals surface area contributed by atoms with Crippen molar-refractivity contribution < 1.29 is 14.3 Å². The molecule has 3 fully saturated rings. The molecule has 2 aromatic carbocycles. The zero-order valence-corrected chi connectivity index (χ0v) is 23.0. The summed E-state index contributed by atoms with van der Waals surface area (Å²) >= 11 is 0. The second-order valence-electron chi connectivity index (χ2n) is 11.4. The molecule has 3 aliphatic heterocycles. The van der Waals surface area contributed by atoms with E-state index in [1.165, 1.54) is 11.9 Å². The van der Waals surface area contributed by atoms with Crippen molar-refractivity contribution in [3.63, 3.8) is 0 Å². The summed E-state index contributed by atoms with van der Waals surface area (Å²) in [5, 5.41) is 3.56. The van der Waals surface area contributed by atoms with Crippen molar-refractivity contribution in [3.05, 3.63) is 90.0 Å². The van der Waals surface area contributed by atoms with E-state index in [2.05, 4.69) is 44.5 Å². The molecular weight excluding hydrogens is 502 g/mol. The summed E-state index contributed by atoms with van der Waals surface area (Å²) in [6.07, 6.45) is 7.14. The molecular formula is C32H37N5O3. The normalized spacial score (nSPS) is 23.4. The lowest BCUT2D eigenvalue weighted by molar-refractivity contribution is -0.139. The van der Waals surface area contributed by atoms with Gasteiger partial charge in [-0.25, -0.2) is 9.97 Å². The van der Waals surface area contributed by atoms with Gasteiger partial charge in [0.2, 0.25) is 5.91 Å². The summed E-state index contributed by atoms with van der Waals surface area (Å²) in [7, 11) is 1.66. The van der Waals surface area contributed by atoms with E-state index in [0.717, 1.165) is 63.3 Å². The summed E-state index contributed by atoms with van der Waals surface area (Å²) in [5.74, 6) is 1.51. The fourth-order valence-corrected chi connectivity index (χ4v) is 7.01. The van der Waals surface area contributed by atoms with Crippen LogP contribution >= 0.6 is 0 Å². The van der Waals surface area contributed by atoms with E-state index in [4.69, 9.17) is 4.74 Å². The standard InChI is InChI=1S/C32H37N5O3/c1-40-26-9-7-23(8-10-26)21-37-16-13-32(31(37)39)11-14-36(15-12-32)29(30(38)25-17-34-22-35-18-25)28-20-33-19-27(28)24-5-3-2-4-6-24/h2-10,17-18,22,27-29,33H,11-16,19-21H2,1H3/t27-,28-,29?/m1/s1. The Morgan fingerprint density at radius 2 is 1.70 bits per heavy atom. The lowest BCUT2D eigenvalue weighted by Gasteiger charge is -2.43. The largest absolute Gasteiger partial charge is 0.497 e. The number of carbonyl (C=O) groups is 2. The van der Waals surface area contributed by atoms with Gasteiger partial charge in [0.25, 0.3) is 0 Å². The number of methoxy groups -OCH3 is 1. The Kier molecular flexibility index (Phi) is 7.63. The monoisotopic (exact) mass is 539 g/mol. The second-order valence-corrected chi connectivity index (χ2v) is 11.4. The minimum absolute atomic E-state index is 0.0741. The van der Waals surface area contributed by atoms with E-state index >= 15 is 0 Å². The van der Waals surface area contributed by atoms with Crippen LogP contribution in [0, 0.1) is 11.3 Å². The highest BCUT2D eigenvalue weighted by Crippen LogP contribution is 2.44. The smallest absolute Gasteiger partial charge is 0.229 e. The molecule has 6 rings (SSSR count). The lowest BCUT2D eigenvalue weighted by atomic mass is 9.74. The summed E-state index contributed by atoms with van der Waals surface area (Å²) in [5.41, 5.74) is 2.58. The average Bonchev–Trinajstić information content (AvgIpc) is 3.61. The molecule has 3 saturated heterocycles. The number of benzene rings is 2. The molecule has 0 aliphatic carbocycles. The zero-order chi connectivity index (χ0) is 27.5. The molecule has 3 aromatic rings. The molecule has 4 heterocycles. The van der Waals surface area contributed by atoms with Gasteiger partial charge in [-0.15, -0.1) is 0 Å². The van der Waals surface area contributed by atoms with Gasteiger partial charge in [-0.1, -0.05) is 42.5 Å². The Morgan fingerprint density at radius 3 is 2.40 bits per heavy atom. The van der Waals surface area contributed by atoms with Gasteiger partial charge in [0.1, 0.15) is 12.1 Å². The number of ketones is 1. The van der Waals surface area contributed by atoms with Gasteiger partial charge < -0.3 is 15.0 Å².